The maximum Gasteiger partial charge on any atom is 0.365 e. The van der Waals surface area contributed by atoms with E-state index in [9.17, 15) is 9.59 Å². The number of halogens is 1. The molecular weight excluding hydrogens is 352 g/mol. The second kappa shape index (κ2) is 7.93. The zero-order valence-electron chi connectivity index (χ0n) is 14.1. The van der Waals surface area contributed by atoms with Crippen LogP contribution in [0.2, 0.25) is 5.02 Å². The lowest BCUT2D eigenvalue weighted by molar-refractivity contribution is -0.119. The van der Waals surface area contributed by atoms with Crippen molar-refractivity contribution in [1.29, 1.82) is 0 Å². The van der Waals surface area contributed by atoms with E-state index in [4.69, 9.17) is 11.6 Å². The highest BCUT2D eigenvalue weighted by Gasteiger charge is 2.22. The van der Waals surface area contributed by atoms with Gasteiger partial charge in [0.1, 0.15) is 6.04 Å². The average molecular weight is 369 g/mol. The highest BCUT2D eigenvalue weighted by molar-refractivity contribution is 6.33. The summed E-state index contributed by atoms with van der Waals surface area (Å²) in [6.45, 7) is 1.80. The Morgan fingerprint density at radius 1 is 1.15 bits per heavy atom. The van der Waals surface area contributed by atoms with Crippen molar-refractivity contribution < 1.29 is 4.79 Å². The molecule has 0 aliphatic rings. The second-order valence-corrected chi connectivity index (χ2v) is 6.04. The van der Waals surface area contributed by atoms with Gasteiger partial charge in [-0.25, -0.2) is 9.48 Å². The van der Waals surface area contributed by atoms with Crippen molar-refractivity contribution in [3.8, 4) is 11.3 Å². The Kier molecular flexibility index (Phi) is 5.43. The molecule has 0 aliphatic heterocycles. The van der Waals surface area contributed by atoms with Crippen LogP contribution in [0.1, 0.15) is 19.4 Å². The van der Waals surface area contributed by atoms with Crippen LogP contribution >= 0.6 is 11.6 Å². The number of hydrogen-bond donors (Lipinski definition) is 1. The molecule has 1 atom stereocenters. The first-order valence-electron chi connectivity index (χ1n) is 8.17. The summed E-state index contributed by atoms with van der Waals surface area (Å²) in [7, 11) is 0. The van der Waals surface area contributed by atoms with E-state index in [1.807, 2.05) is 30.3 Å². The molecule has 1 heterocycles. The highest BCUT2D eigenvalue weighted by Crippen LogP contribution is 2.22. The number of benzene rings is 2. The molecule has 6 nitrogen and oxygen atoms in total. The Balaban J connectivity index is 1.87. The number of para-hydroxylation sites is 1. The fourth-order valence-corrected chi connectivity index (χ4v) is 2.74. The van der Waals surface area contributed by atoms with Gasteiger partial charge in [-0.05, 0) is 18.6 Å². The number of anilines is 1. The van der Waals surface area contributed by atoms with Crippen molar-refractivity contribution in [3.63, 3.8) is 0 Å². The Morgan fingerprint density at radius 3 is 2.50 bits per heavy atom. The summed E-state index contributed by atoms with van der Waals surface area (Å²) in [6, 6.07) is 15.4. The monoisotopic (exact) mass is 368 g/mol. The van der Waals surface area contributed by atoms with Crippen LogP contribution in [0.3, 0.4) is 0 Å². The highest BCUT2D eigenvalue weighted by atomic mass is 35.5. The predicted molar refractivity (Wildman–Crippen MR) is 101 cm³/mol. The largest absolute Gasteiger partial charge is 0.365 e. The fourth-order valence-electron chi connectivity index (χ4n) is 2.56. The summed E-state index contributed by atoms with van der Waals surface area (Å²) >= 11 is 6.07. The molecular formula is C19H17ClN4O2. The zero-order valence-corrected chi connectivity index (χ0v) is 14.8. The minimum atomic E-state index is -0.781. The van der Waals surface area contributed by atoms with Gasteiger partial charge in [0, 0.05) is 5.56 Å². The number of nitrogens with zero attached hydrogens (tertiary/aromatic N) is 3. The maximum absolute atomic E-state index is 12.6. The molecule has 7 heteroatoms. The van der Waals surface area contributed by atoms with Crippen LogP contribution in [0.4, 0.5) is 5.69 Å². The van der Waals surface area contributed by atoms with E-state index >= 15 is 0 Å². The topological polar surface area (TPSA) is 76.9 Å². The summed E-state index contributed by atoms with van der Waals surface area (Å²) in [5, 5.41) is 7.32. The molecule has 0 spiro atoms. The van der Waals surface area contributed by atoms with Crippen LogP contribution in [0.15, 0.2) is 65.6 Å². The first-order chi connectivity index (χ1) is 12.6. The molecule has 1 N–H and O–H groups in total. The van der Waals surface area contributed by atoms with E-state index < -0.39 is 11.7 Å². The van der Waals surface area contributed by atoms with Crippen LogP contribution in [0, 0.1) is 0 Å². The Bertz CT molecular complexity index is 973. The van der Waals surface area contributed by atoms with Crippen molar-refractivity contribution >= 4 is 23.2 Å². The normalized spacial score (nSPS) is 11.8. The Morgan fingerprint density at radius 2 is 1.85 bits per heavy atom. The number of aromatic nitrogens is 3. The van der Waals surface area contributed by atoms with E-state index in [-0.39, 0.29) is 5.91 Å². The van der Waals surface area contributed by atoms with Gasteiger partial charge < -0.3 is 5.32 Å². The fraction of sp³-hybridized carbons (Fsp3) is 0.158. The van der Waals surface area contributed by atoms with Crippen molar-refractivity contribution in [2.45, 2.75) is 19.4 Å². The number of nitrogens with one attached hydrogen (secondary N) is 1. The molecule has 0 saturated carbocycles. The molecule has 3 aromatic rings. The molecule has 3 rings (SSSR count). The zero-order chi connectivity index (χ0) is 18.5. The third kappa shape index (κ3) is 3.81. The summed E-state index contributed by atoms with van der Waals surface area (Å²) in [6.07, 6.45) is 1.87. The molecule has 0 radical (unpaired) electrons. The van der Waals surface area contributed by atoms with Gasteiger partial charge in [0.2, 0.25) is 5.91 Å². The Hall–Kier alpha value is -2.99. The van der Waals surface area contributed by atoms with Gasteiger partial charge in [0.25, 0.3) is 0 Å². The molecule has 1 amide bonds. The molecule has 1 aromatic heterocycles. The Labute approximate surface area is 155 Å². The summed E-state index contributed by atoms with van der Waals surface area (Å²) < 4.78 is 1.10. The first kappa shape index (κ1) is 17.8. The maximum atomic E-state index is 12.6. The number of amides is 1. The van der Waals surface area contributed by atoms with Gasteiger partial charge in [-0.1, -0.05) is 61.0 Å². The van der Waals surface area contributed by atoms with Crippen LogP contribution in [-0.2, 0) is 4.79 Å². The third-order valence-electron chi connectivity index (χ3n) is 3.90. The van der Waals surface area contributed by atoms with Crippen LogP contribution in [0.25, 0.3) is 11.3 Å². The quantitative estimate of drug-likeness (QED) is 0.747. The van der Waals surface area contributed by atoms with Crippen molar-refractivity contribution in [2.75, 3.05) is 5.32 Å². The minimum absolute atomic E-state index is 0.371. The van der Waals surface area contributed by atoms with Crippen molar-refractivity contribution in [3.05, 3.63) is 76.3 Å². The van der Waals surface area contributed by atoms with Crippen LogP contribution in [-0.4, -0.2) is 20.7 Å². The van der Waals surface area contributed by atoms with Crippen LogP contribution < -0.4 is 11.0 Å². The number of carbonyl (C=O) groups excluding carboxylic acids is 1. The average Bonchev–Trinajstić information content (AvgIpc) is 2.66. The standard InChI is InChI=1S/C19H17ClN4O2/c1-2-17(18(25)22-15-11-7-6-10-14(15)20)24-19(26)23-16(12-21-24)13-8-4-3-5-9-13/h3-12,17H,2H2,1H3,(H,22,25). The molecule has 1 unspecified atom stereocenters. The summed E-state index contributed by atoms with van der Waals surface area (Å²) in [4.78, 5) is 29.1. The predicted octanol–water partition coefficient (Wildman–Crippen LogP) is 3.55. The molecule has 2 aromatic carbocycles. The van der Waals surface area contributed by atoms with E-state index in [1.165, 1.54) is 6.20 Å². The number of hydrogen-bond acceptors (Lipinski definition) is 4. The van der Waals surface area contributed by atoms with Gasteiger partial charge in [-0.2, -0.15) is 10.1 Å². The molecule has 26 heavy (non-hydrogen) atoms. The minimum Gasteiger partial charge on any atom is -0.323 e. The van der Waals surface area contributed by atoms with E-state index in [0.717, 1.165) is 10.2 Å². The molecule has 0 saturated heterocycles. The van der Waals surface area contributed by atoms with Crippen LogP contribution in [0.5, 0.6) is 0 Å². The first-order valence-corrected chi connectivity index (χ1v) is 8.54. The smallest absolute Gasteiger partial charge is 0.323 e. The summed E-state index contributed by atoms with van der Waals surface area (Å²) in [5.74, 6) is -0.371. The van der Waals surface area contributed by atoms with Gasteiger partial charge >= 0.3 is 5.69 Å². The summed E-state index contributed by atoms with van der Waals surface area (Å²) in [5.41, 5.74) is 1.16. The molecule has 132 valence electrons. The lowest BCUT2D eigenvalue weighted by Crippen LogP contribution is -2.36. The van der Waals surface area contributed by atoms with Gasteiger partial charge in [0.05, 0.1) is 22.6 Å². The van der Waals surface area contributed by atoms with E-state index in [0.29, 0.717) is 22.8 Å². The van der Waals surface area contributed by atoms with E-state index in [1.54, 1.807) is 31.2 Å². The van der Waals surface area contributed by atoms with Crippen molar-refractivity contribution in [2.24, 2.45) is 0 Å². The number of carbonyl (C=O) groups is 1. The van der Waals surface area contributed by atoms with Gasteiger partial charge in [-0.3, -0.25) is 4.79 Å². The lowest BCUT2D eigenvalue weighted by atomic mass is 10.2. The molecule has 0 aliphatic carbocycles. The lowest BCUT2D eigenvalue weighted by Gasteiger charge is -2.17. The second-order valence-electron chi connectivity index (χ2n) is 5.63. The van der Waals surface area contributed by atoms with Gasteiger partial charge in [-0.15, -0.1) is 0 Å². The number of rotatable bonds is 5. The SMILES string of the molecule is CCC(C(=O)Nc1ccccc1Cl)n1ncc(-c2ccccc2)nc1=O. The van der Waals surface area contributed by atoms with E-state index in [2.05, 4.69) is 15.4 Å². The molecule has 0 bridgehead atoms. The van der Waals surface area contributed by atoms with Crippen molar-refractivity contribution in [1.82, 2.24) is 14.8 Å². The van der Waals surface area contributed by atoms with Gasteiger partial charge in [0.15, 0.2) is 0 Å². The molecule has 0 fully saturated rings. The third-order valence-corrected chi connectivity index (χ3v) is 4.23.